The van der Waals surface area contributed by atoms with Crippen LogP contribution < -0.4 is 0 Å². The lowest BCUT2D eigenvalue weighted by atomic mass is 9.99. The van der Waals surface area contributed by atoms with E-state index < -0.39 is 0 Å². The van der Waals surface area contributed by atoms with Gasteiger partial charge in [-0.15, -0.1) is 0 Å². The minimum atomic E-state index is 1.15. The normalized spacial score (nSPS) is 11.6. The van der Waals surface area contributed by atoms with Gasteiger partial charge in [-0.25, -0.2) is 0 Å². The topological polar surface area (TPSA) is 9.86 Å². The second-order valence-corrected chi connectivity index (χ2v) is 13.0. The first-order valence-corrected chi connectivity index (χ1v) is 17.2. The SMILES string of the molecule is c1ccc(-c2ccc(-c3ccc4c(c3)c3ccccc3n4-c3ccc(-c4ccc5c(c4)c4ccccc4n5-c4ccccc4)cc3)cc2)cc1. The predicted octanol–water partition coefficient (Wildman–Crippen LogP) is 12.9. The fourth-order valence-electron chi connectivity index (χ4n) is 7.73. The molecule has 0 saturated heterocycles. The molecular formula is C48H32N2. The zero-order chi connectivity index (χ0) is 33.0. The molecule has 0 aliphatic rings. The maximum atomic E-state index is 2.40. The third kappa shape index (κ3) is 4.57. The Morgan fingerprint density at radius 2 is 0.560 bits per heavy atom. The lowest BCUT2D eigenvalue weighted by Gasteiger charge is -2.11. The van der Waals surface area contributed by atoms with Crippen molar-refractivity contribution in [3.8, 4) is 44.8 Å². The van der Waals surface area contributed by atoms with Crippen molar-refractivity contribution in [3.05, 3.63) is 194 Å². The van der Waals surface area contributed by atoms with Gasteiger partial charge >= 0.3 is 0 Å². The molecule has 10 rings (SSSR count). The summed E-state index contributed by atoms with van der Waals surface area (Å²) in [6.45, 7) is 0. The molecule has 0 atom stereocenters. The van der Waals surface area contributed by atoms with Crippen LogP contribution in [0.15, 0.2) is 194 Å². The van der Waals surface area contributed by atoms with Gasteiger partial charge in [0.1, 0.15) is 0 Å². The Hall–Kier alpha value is -6.64. The quantitative estimate of drug-likeness (QED) is 0.178. The van der Waals surface area contributed by atoms with Crippen molar-refractivity contribution >= 4 is 43.6 Å². The molecule has 50 heavy (non-hydrogen) atoms. The number of nitrogens with zero attached hydrogens (tertiary/aromatic N) is 2. The molecule has 0 bridgehead atoms. The lowest BCUT2D eigenvalue weighted by molar-refractivity contribution is 1.18. The number of para-hydroxylation sites is 3. The minimum absolute atomic E-state index is 1.15. The number of benzene rings is 8. The van der Waals surface area contributed by atoms with Crippen molar-refractivity contribution in [1.82, 2.24) is 9.13 Å². The standard InChI is InChI=1S/C48H32N2/c1-3-11-33(12-4-1)34-19-21-35(22-20-34)37-25-30-48-44(31-37)42-16-8-10-18-46(42)50(48)40-27-23-36(24-28-40)38-26-29-47-43(32-38)41-15-7-9-17-45(41)49(47)39-13-5-2-6-14-39/h1-32H. The van der Waals surface area contributed by atoms with E-state index in [1.807, 2.05) is 0 Å². The Labute approximate surface area is 290 Å². The highest BCUT2D eigenvalue weighted by molar-refractivity contribution is 6.11. The van der Waals surface area contributed by atoms with Crippen LogP contribution in [0, 0.1) is 0 Å². The van der Waals surface area contributed by atoms with Gasteiger partial charge in [-0.3, -0.25) is 0 Å². The van der Waals surface area contributed by atoms with Gasteiger partial charge in [0.15, 0.2) is 0 Å². The van der Waals surface area contributed by atoms with Crippen LogP contribution in [0.25, 0.3) is 88.4 Å². The molecule has 0 spiro atoms. The summed E-state index contributed by atoms with van der Waals surface area (Å²) in [6.07, 6.45) is 0. The molecule has 10 aromatic rings. The van der Waals surface area contributed by atoms with Gasteiger partial charge in [0.05, 0.1) is 22.1 Å². The largest absolute Gasteiger partial charge is 0.309 e. The number of hydrogen-bond donors (Lipinski definition) is 0. The van der Waals surface area contributed by atoms with E-state index in [4.69, 9.17) is 0 Å². The van der Waals surface area contributed by atoms with Crippen molar-refractivity contribution < 1.29 is 0 Å². The molecule has 2 heterocycles. The van der Waals surface area contributed by atoms with Gasteiger partial charge in [-0.2, -0.15) is 0 Å². The Balaban J connectivity index is 1.04. The Kier molecular flexibility index (Phi) is 6.53. The highest BCUT2D eigenvalue weighted by Gasteiger charge is 2.15. The van der Waals surface area contributed by atoms with Crippen molar-refractivity contribution in [2.75, 3.05) is 0 Å². The molecule has 234 valence electrons. The first-order chi connectivity index (χ1) is 24.8. The molecule has 0 aliphatic heterocycles. The number of fused-ring (bicyclic) bond motifs is 6. The van der Waals surface area contributed by atoms with Crippen LogP contribution in [0.1, 0.15) is 0 Å². The van der Waals surface area contributed by atoms with Crippen LogP contribution in [0.2, 0.25) is 0 Å². The molecule has 0 amide bonds. The van der Waals surface area contributed by atoms with Gasteiger partial charge in [0.2, 0.25) is 0 Å². The molecule has 0 saturated carbocycles. The van der Waals surface area contributed by atoms with Crippen LogP contribution >= 0.6 is 0 Å². The molecule has 0 N–H and O–H groups in total. The van der Waals surface area contributed by atoms with Gasteiger partial charge < -0.3 is 9.13 Å². The first-order valence-electron chi connectivity index (χ1n) is 17.2. The summed E-state index contributed by atoms with van der Waals surface area (Å²) in [5.41, 5.74) is 14.5. The summed E-state index contributed by atoms with van der Waals surface area (Å²) in [5, 5.41) is 5.05. The zero-order valence-electron chi connectivity index (χ0n) is 27.4. The third-order valence-electron chi connectivity index (χ3n) is 10.1. The van der Waals surface area contributed by atoms with Crippen LogP contribution in [0.5, 0.6) is 0 Å². The number of aromatic nitrogens is 2. The summed E-state index contributed by atoms with van der Waals surface area (Å²) in [7, 11) is 0. The minimum Gasteiger partial charge on any atom is -0.309 e. The Morgan fingerprint density at radius 3 is 1.08 bits per heavy atom. The van der Waals surface area contributed by atoms with E-state index in [2.05, 4.69) is 203 Å². The third-order valence-corrected chi connectivity index (χ3v) is 10.1. The molecule has 2 heteroatoms. The number of hydrogen-bond acceptors (Lipinski definition) is 0. The molecule has 0 unspecified atom stereocenters. The van der Waals surface area contributed by atoms with Gasteiger partial charge in [-0.05, 0) is 94.0 Å². The van der Waals surface area contributed by atoms with E-state index in [1.165, 1.54) is 82.7 Å². The van der Waals surface area contributed by atoms with Crippen LogP contribution in [-0.2, 0) is 0 Å². The maximum Gasteiger partial charge on any atom is 0.0541 e. The van der Waals surface area contributed by atoms with E-state index in [1.54, 1.807) is 0 Å². The van der Waals surface area contributed by atoms with Gasteiger partial charge in [-0.1, -0.05) is 133 Å². The van der Waals surface area contributed by atoms with Crippen molar-refractivity contribution in [1.29, 1.82) is 0 Å². The fraction of sp³-hybridized carbons (Fsp3) is 0. The molecule has 0 aliphatic carbocycles. The summed E-state index contributed by atoms with van der Waals surface area (Å²) in [5.74, 6) is 0. The van der Waals surface area contributed by atoms with E-state index in [-0.39, 0.29) is 0 Å². The second-order valence-electron chi connectivity index (χ2n) is 13.0. The van der Waals surface area contributed by atoms with Crippen LogP contribution in [-0.4, -0.2) is 9.13 Å². The van der Waals surface area contributed by atoms with Crippen molar-refractivity contribution in [2.45, 2.75) is 0 Å². The van der Waals surface area contributed by atoms with E-state index in [0.717, 1.165) is 5.69 Å². The first kappa shape index (κ1) is 28.4. The van der Waals surface area contributed by atoms with E-state index in [9.17, 15) is 0 Å². The summed E-state index contributed by atoms with van der Waals surface area (Å²) < 4.78 is 4.76. The molecule has 8 aromatic carbocycles. The van der Waals surface area contributed by atoms with Gasteiger partial charge in [0.25, 0.3) is 0 Å². The van der Waals surface area contributed by atoms with Crippen molar-refractivity contribution in [3.63, 3.8) is 0 Å². The second kappa shape index (κ2) is 11.5. The summed E-state index contributed by atoms with van der Waals surface area (Å²) in [6, 6.07) is 70.3. The smallest absolute Gasteiger partial charge is 0.0541 e. The van der Waals surface area contributed by atoms with E-state index >= 15 is 0 Å². The Morgan fingerprint density at radius 1 is 0.220 bits per heavy atom. The highest BCUT2D eigenvalue weighted by atomic mass is 15.0. The average Bonchev–Trinajstić information content (AvgIpc) is 3.71. The monoisotopic (exact) mass is 636 g/mol. The summed E-state index contributed by atoms with van der Waals surface area (Å²) >= 11 is 0. The average molecular weight is 637 g/mol. The molecular weight excluding hydrogens is 605 g/mol. The maximum absolute atomic E-state index is 2.40. The van der Waals surface area contributed by atoms with E-state index in [0.29, 0.717) is 0 Å². The molecule has 2 nitrogen and oxygen atoms in total. The highest BCUT2D eigenvalue weighted by Crippen LogP contribution is 2.38. The lowest BCUT2D eigenvalue weighted by Crippen LogP contribution is -1.94. The number of rotatable bonds is 5. The fourth-order valence-corrected chi connectivity index (χ4v) is 7.73. The molecule has 2 aromatic heterocycles. The Bertz CT molecular complexity index is 2820. The van der Waals surface area contributed by atoms with Gasteiger partial charge in [0, 0.05) is 32.9 Å². The van der Waals surface area contributed by atoms with Crippen LogP contribution in [0.4, 0.5) is 0 Å². The molecule has 0 radical (unpaired) electrons. The van der Waals surface area contributed by atoms with Crippen LogP contribution in [0.3, 0.4) is 0 Å². The van der Waals surface area contributed by atoms with Crippen molar-refractivity contribution in [2.24, 2.45) is 0 Å². The predicted molar refractivity (Wildman–Crippen MR) is 211 cm³/mol. The molecule has 0 fully saturated rings. The zero-order valence-corrected chi connectivity index (χ0v) is 27.4. The summed E-state index contributed by atoms with van der Waals surface area (Å²) in [4.78, 5) is 0.